The van der Waals surface area contributed by atoms with Crippen molar-refractivity contribution in [2.75, 3.05) is 19.3 Å². The van der Waals surface area contributed by atoms with E-state index in [1.54, 1.807) is 0 Å². The summed E-state index contributed by atoms with van der Waals surface area (Å²) in [5.41, 5.74) is 5.80. The summed E-state index contributed by atoms with van der Waals surface area (Å²) in [6.07, 6.45) is 5.27. The molecule has 118 valence electrons. The van der Waals surface area contributed by atoms with Gasteiger partial charge < -0.3 is 5.73 Å². The van der Waals surface area contributed by atoms with Crippen LogP contribution >= 0.6 is 0 Å². The molecule has 0 aromatic rings. The molecule has 0 aromatic heterocycles. The predicted molar refractivity (Wildman–Crippen MR) is 83.4 cm³/mol. The number of hydrogen-bond donors (Lipinski definition) is 1. The first kappa shape index (κ1) is 16.2. The van der Waals surface area contributed by atoms with E-state index in [0.29, 0.717) is 24.4 Å². The zero-order valence-electron chi connectivity index (χ0n) is 13.3. The first-order valence-electron chi connectivity index (χ1n) is 7.88. The van der Waals surface area contributed by atoms with Gasteiger partial charge in [-0.1, -0.05) is 20.3 Å². The summed E-state index contributed by atoms with van der Waals surface area (Å²) in [5, 5.41) is -0.292. The number of hydrogen-bond acceptors (Lipinski definition) is 4. The molecular formula is C15H30N2O2S. The minimum absolute atomic E-state index is 0.292. The highest BCUT2D eigenvalue weighted by Gasteiger charge is 2.53. The summed E-state index contributed by atoms with van der Waals surface area (Å²) in [6, 6.07) is 0.414. The fourth-order valence-corrected chi connectivity index (χ4v) is 6.36. The van der Waals surface area contributed by atoms with Crippen molar-refractivity contribution in [2.24, 2.45) is 17.6 Å². The van der Waals surface area contributed by atoms with Gasteiger partial charge in [-0.2, -0.15) is 0 Å². The van der Waals surface area contributed by atoms with E-state index in [1.165, 1.54) is 12.7 Å². The van der Waals surface area contributed by atoms with E-state index in [0.717, 1.165) is 25.8 Å². The molecule has 5 atom stereocenters. The number of rotatable bonds is 3. The maximum Gasteiger partial charge on any atom is 0.152 e. The van der Waals surface area contributed by atoms with Gasteiger partial charge in [0.25, 0.3) is 0 Å². The molecule has 20 heavy (non-hydrogen) atoms. The minimum Gasteiger partial charge on any atom is -0.329 e. The number of nitrogens with two attached hydrogens (primary N) is 1. The third-order valence-electron chi connectivity index (χ3n) is 5.72. The lowest BCUT2D eigenvalue weighted by molar-refractivity contribution is -0.0113. The highest BCUT2D eigenvalue weighted by atomic mass is 32.2. The molecule has 1 saturated carbocycles. The average molecular weight is 302 g/mol. The average Bonchev–Trinajstić information content (AvgIpc) is 2.78. The van der Waals surface area contributed by atoms with Gasteiger partial charge in [0.15, 0.2) is 9.84 Å². The molecule has 0 aromatic carbocycles. The zero-order valence-corrected chi connectivity index (χ0v) is 14.1. The van der Waals surface area contributed by atoms with Gasteiger partial charge in [-0.3, -0.25) is 4.90 Å². The van der Waals surface area contributed by atoms with Crippen LogP contribution in [0.3, 0.4) is 0 Å². The van der Waals surface area contributed by atoms with Gasteiger partial charge in [0.1, 0.15) is 0 Å². The summed E-state index contributed by atoms with van der Waals surface area (Å²) >= 11 is 0. The Labute approximate surface area is 124 Å². The van der Waals surface area contributed by atoms with E-state index in [4.69, 9.17) is 5.73 Å². The van der Waals surface area contributed by atoms with E-state index in [-0.39, 0.29) is 10.8 Å². The summed E-state index contributed by atoms with van der Waals surface area (Å²) in [6.45, 7) is 8.22. The molecule has 0 spiro atoms. The third-order valence-corrected chi connectivity index (χ3v) is 7.42. The summed E-state index contributed by atoms with van der Waals surface area (Å²) < 4.78 is 24.5. The van der Waals surface area contributed by atoms with Gasteiger partial charge in [0.2, 0.25) is 0 Å². The molecule has 2 rings (SSSR count). The van der Waals surface area contributed by atoms with Crippen LogP contribution in [-0.2, 0) is 9.84 Å². The lowest BCUT2D eigenvalue weighted by Crippen LogP contribution is -2.66. The molecule has 5 unspecified atom stereocenters. The van der Waals surface area contributed by atoms with Crippen LogP contribution in [0.5, 0.6) is 0 Å². The molecule has 1 aliphatic heterocycles. The Morgan fingerprint density at radius 3 is 2.50 bits per heavy atom. The van der Waals surface area contributed by atoms with Crippen LogP contribution in [-0.4, -0.2) is 49.5 Å². The SMILES string of the molecule is CC1CC(C)C(C)N(C2(CN)CCCC2S(C)(=O)=O)C1. The number of nitrogens with zero attached hydrogens (tertiary/aromatic N) is 1. The molecule has 2 N–H and O–H groups in total. The van der Waals surface area contributed by atoms with Gasteiger partial charge in [-0.25, -0.2) is 8.42 Å². The van der Waals surface area contributed by atoms with E-state index >= 15 is 0 Å². The Morgan fingerprint density at radius 2 is 1.95 bits per heavy atom. The van der Waals surface area contributed by atoms with Crippen molar-refractivity contribution in [3.63, 3.8) is 0 Å². The lowest BCUT2D eigenvalue weighted by atomic mass is 9.81. The maximum atomic E-state index is 12.2. The third kappa shape index (κ3) is 2.64. The number of likely N-dealkylation sites (tertiary alicyclic amines) is 1. The summed E-state index contributed by atoms with van der Waals surface area (Å²) in [5.74, 6) is 1.22. The van der Waals surface area contributed by atoms with Crippen molar-refractivity contribution in [1.29, 1.82) is 0 Å². The van der Waals surface area contributed by atoms with E-state index in [1.807, 2.05) is 0 Å². The molecular weight excluding hydrogens is 272 g/mol. The first-order chi connectivity index (χ1) is 9.22. The van der Waals surface area contributed by atoms with Gasteiger partial charge >= 0.3 is 0 Å². The second-order valence-corrected chi connectivity index (χ2v) is 9.46. The minimum atomic E-state index is -3.05. The molecule has 0 bridgehead atoms. The van der Waals surface area contributed by atoms with Crippen molar-refractivity contribution in [3.05, 3.63) is 0 Å². The highest BCUT2D eigenvalue weighted by molar-refractivity contribution is 7.91. The smallest absolute Gasteiger partial charge is 0.152 e. The topological polar surface area (TPSA) is 63.4 Å². The largest absolute Gasteiger partial charge is 0.329 e. The Kier molecular flexibility index (Phi) is 4.53. The van der Waals surface area contributed by atoms with Crippen molar-refractivity contribution >= 4 is 9.84 Å². The molecule has 1 heterocycles. The molecule has 1 saturated heterocycles. The van der Waals surface area contributed by atoms with Crippen LogP contribution in [0.2, 0.25) is 0 Å². The van der Waals surface area contributed by atoms with Crippen LogP contribution in [0.15, 0.2) is 0 Å². The second kappa shape index (κ2) is 5.58. The molecule has 4 nitrogen and oxygen atoms in total. The monoisotopic (exact) mass is 302 g/mol. The number of piperidine rings is 1. The van der Waals surface area contributed by atoms with E-state index in [2.05, 4.69) is 25.7 Å². The van der Waals surface area contributed by atoms with Crippen LogP contribution in [0.25, 0.3) is 0 Å². The Bertz CT molecular complexity index is 451. The first-order valence-corrected chi connectivity index (χ1v) is 9.83. The molecule has 2 aliphatic rings. The van der Waals surface area contributed by atoms with Gasteiger partial charge in [-0.05, 0) is 38.0 Å². The van der Waals surface area contributed by atoms with E-state index < -0.39 is 9.84 Å². The van der Waals surface area contributed by atoms with Crippen molar-refractivity contribution in [3.8, 4) is 0 Å². The number of sulfone groups is 1. The molecule has 0 radical (unpaired) electrons. The fraction of sp³-hybridized carbons (Fsp3) is 1.00. The van der Waals surface area contributed by atoms with Gasteiger partial charge in [0.05, 0.1) is 10.8 Å². The Balaban J connectivity index is 2.39. The van der Waals surface area contributed by atoms with Crippen LogP contribution in [0.1, 0.15) is 46.5 Å². The molecule has 2 fully saturated rings. The fourth-order valence-electron chi connectivity index (χ4n) is 4.62. The quantitative estimate of drug-likeness (QED) is 0.861. The highest BCUT2D eigenvalue weighted by Crippen LogP contribution is 2.43. The molecule has 0 amide bonds. The summed E-state index contributed by atoms with van der Waals surface area (Å²) in [7, 11) is -3.05. The predicted octanol–water partition coefficient (Wildman–Crippen LogP) is 1.65. The second-order valence-electron chi connectivity index (χ2n) is 7.23. The van der Waals surface area contributed by atoms with Gasteiger partial charge in [0, 0.05) is 25.4 Å². The molecule has 5 heteroatoms. The van der Waals surface area contributed by atoms with Crippen LogP contribution in [0, 0.1) is 11.8 Å². The van der Waals surface area contributed by atoms with Crippen molar-refractivity contribution in [2.45, 2.75) is 63.3 Å². The van der Waals surface area contributed by atoms with E-state index in [9.17, 15) is 8.42 Å². The zero-order chi connectivity index (χ0) is 15.1. The van der Waals surface area contributed by atoms with Gasteiger partial charge in [-0.15, -0.1) is 0 Å². The van der Waals surface area contributed by atoms with Crippen molar-refractivity contribution in [1.82, 2.24) is 4.90 Å². The van der Waals surface area contributed by atoms with Crippen molar-refractivity contribution < 1.29 is 8.42 Å². The Morgan fingerprint density at radius 1 is 1.30 bits per heavy atom. The lowest BCUT2D eigenvalue weighted by Gasteiger charge is -2.52. The maximum absolute atomic E-state index is 12.2. The normalized spacial score (nSPS) is 43.9. The Hall–Kier alpha value is -0.130. The standard InChI is InChI=1S/C15H30N2O2S/c1-11-8-12(2)13(3)17(9-11)15(10-16)7-5-6-14(15)20(4,18)19/h11-14H,5-10,16H2,1-4H3. The van der Waals surface area contributed by atoms with Crippen LogP contribution in [0.4, 0.5) is 0 Å². The molecule has 1 aliphatic carbocycles. The van der Waals surface area contributed by atoms with Crippen LogP contribution < -0.4 is 5.73 Å². The summed E-state index contributed by atoms with van der Waals surface area (Å²) in [4.78, 5) is 2.45.